The Hall–Kier alpha value is -11.3. The SMILES string of the molecule is CN[C@H]1C(=O)NC2Cc3ccc(cc3)Oc3cc4cc(c3O[C@@H]3OCC(O)CC3NC(=O)CCCCCCCCC(C)C)Oc3ccc(cc3Cl)[C@@H](O)[C@@H]3NC(=O)[C@H](NC(=O)C4NC(=O)[C@H](NC2=O)c2cc(cc(O)c2Cl)Oc2cc1ccc2O)c1ccc(O)c(c1)-c1c(OC2O[C@H](CO)C(O)C[C@@H]2O)cc(O)cc1C(C(=O)NCCCN(C)C)NC3=O. The van der Waals surface area contributed by atoms with Gasteiger partial charge in [0.2, 0.25) is 65.6 Å². The molecule has 0 radical (unpaired) electrons. The van der Waals surface area contributed by atoms with Gasteiger partial charge >= 0.3 is 0 Å². The van der Waals surface area contributed by atoms with Gasteiger partial charge in [0, 0.05) is 61.1 Å². The van der Waals surface area contributed by atoms with Crippen LogP contribution < -0.4 is 71.5 Å². The van der Waals surface area contributed by atoms with Crippen LogP contribution in [0.3, 0.4) is 0 Å². The normalized spacial score (nSPS) is 24.6. The van der Waals surface area contributed by atoms with E-state index in [0.29, 0.717) is 30.9 Å². The van der Waals surface area contributed by atoms with Gasteiger partial charge in [0.25, 0.3) is 0 Å². The topological polar surface area (TPSA) is 495 Å². The average Bonchev–Trinajstić information content (AvgIpc) is 0.754. The van der Waals surface area contributed by atoms with E-state index in [9.17, 15) is 55.5 Å². The van der Waals surface area contributed by atoms with Crippen molar-refractivity contribution in [2.75, 3.05) is 47.4 Å². The molecule has 8 aliphatic heterocycles. The number of carbonyl (C=O) groups is 8. The minimum absolute atomic E-state index is 0.0149. The number of phenolic OH excluding ortho intramolecular Hbond substituents is 4. The van der Waals surface area contributed by atoms with Crippen molar-refractivity contribution in [3.05, 3.63) is 164 Å². The first-order valence-electron chi connectivity index (χ1n) is 40.7. The van der Waals surface area contributed by atoms with Gasteiger partial charge in [-0.15, -0.1) is 0 Å². The number of aliphatic hydroxyl groups is 5. The highest BCUT2D eigenvalue weighted by Crippen LogP contribution is 2.50. The van der Waals surface area contributed by atoms with E-state index >= 15 is 28.8 Å². The zero-order valence-electron chi connectivity index (χ0n) is 67.9. The smallest absolute Gasteiger partial charge is 0.248 e. The lowest BCUT2D eigenvalue weighted by molar-refractivity contribution is -0.240. The number of unbranched alkanes of at least 4 members (excludes halogenated alkanes) is 5. The summed E-state index contributed by atoms with van der Waals surface area (Å²) in [6.45, 7) is 3.69. The van der Waals surface area contributed by atoms with E-state index in [0.717, 1.165) is 81.0 Å². The van der Waals surface area contributed by atoms with E-state index in [-0.39, 0.29) is 111 Å². The number of aliphatic hydroxyl groups excluding tert-OH is 5. The number of fused-ring (bicyclic) bond motifs is 14. The summed E-state index contributed by atoms with van der Waals surface area (Å²) < 4.78 is 45.3. The van der Waals surface area contributed by atoms with E-state index in [1.165, 1.54) is 67.7 Å². The maximum Gasteiger partial charge on any atom is 0.248 e. The molecule has 0 aliphatic carbocycles. The number of phenols is 4. The molecule has 656 valence electrons. The highest BCUT2D eigenvalue weighted by molar-refractivity contribution is 6.33. The van der Waals surface area contributed by atoms with Crippen LogP contribution in [0.4, 0.5) is 0 Å². The Morgan fingerprint density at radius 1 is 0.593 bits per heavy atom. The van der Waals surface area contributed by atoms with Crippen molar-refractivity contribution in [1.82, 2.24) is 52.8 Å². The maximum absolute atomic E-state index is 16.8. The fraction of sp³-hybridized carbons (Fsp3) is 0.425. The number of likely N-dealkylation sites (N-methyl/N-ethyl adjacent to an activating group) is 1. The average molecular weight is 1740 g/mol. The van der Waals surface area contributed by atoms with Gasteiger partial charge in [-0.05, 0) is 153 Å². The standard InChI is InChI=1S/C87H100Cl2N10O24/c1-41(2)13-10-8-6-7-9-11-14-68(108)92-56-34-48(102)40-117-86(56)123-78-65-31-46-32-66(78)120-62-24-19-45(29-54(62)88)77(109)76-85(116)97-74(80(111)91-25-12-26-99(4)5)52-33-47(101)35-64(121-87-61(107)38-59(105)67(39-100)122-87)69(52)51-28-43(17-22-57(51)103)72(82(113)98-76)94-83(114)73(46)95-84(115)75-53-36-50(37-60(106)70(53)89)119-63-30-44(18-23-58(63)104)71(90-3)81(112)93-55(79(110)96-75)27-42-15-20-49(118-65)21-16-42/h15-24,28-33,35-37,41,48,55-56,59,61,67,71-77,86-87,90,100-107,109H,6-14,25-27,34,38-40H2,1-5H3,(H,91,111)(H,92,108)(H,93,112)(H,94,114)(H,95,115)(H,96,110)(H,97,116)(H,98,113)/t48?,55?,56?,59?,61-,67+,71+,72+,73?,74?,75+,76-,77+,86-,87?/m0/s1. The lowest BCUT2D eigenvalue weighted by atomic mass is 9.89. The van der Waals surface area contributed by atoms with Crippen LogP contribution in [0.1, 0.15) is 160 Å². The molecule has 0 spiro atoms. The summed E-state index contributed by atoms with van der Waals surface area (Å²) in [5.74, 6) is -13.0. The Kier molecular flexibility index (Phi) is 28.7. The van der Waals surface area contributed by atoms with Crippen molar-refractivity contribution in [3.8, 4) is 80.1 Å². The van der Waals surface area contributed by atoms with Crippen molar-refractivity contribution in [3.63, 3.8) is 0 Å². The molecule has 7 aromatic carbocycles. The lowest BCUT2D eigenvalue weighted by Crippen LogP contribution is -2.56. The number of amides is 8. The molecule has 123 heavy (non-hydrogen) atoms. The monoisotopic (exact) mass is 1740 g/mol. The summed E-state index contributed by atoms with van der Waals surface area (Å²) in [5, 5.41) is 128. The van der Waals surface area contributed by atoms with Crippen LogP contribution in [0.25, 0.3) is 11.1 Å². The molecule has 15 rings (SSSR count). The zero-order chi connectivity index (χ0) is 87.8. The van der Waals surface area contributed by atoms with Crippen molar-refractivity contribution >= 4 is 70.5 Å². The van der Waals surface area contributed by atoms with Crippen molar-refractivity contribution in [1.29, 1.82) is 0 Å². The van der Waals surface area contributed by atoms with Gasteiger partial charge in [0.15, 0.2) is 23.0 Å². The lowest BCUT2D eigenvalue weighted by Gasteiger charge is -2.37. The summed E-state index contributed by atoms with van der Waals surface area (Å²) in [6, 6.07) is 8.95. The van der Waals surface area contributed by atoms with Gasteiger partial charge in [0.1, 0.15) is 101 Å². The van der Waals surface area contributed by atoms with Crippen molar-refractivity contribution in [2.24, 2.45) is 5.92 Å². The summed E-state index contributed by atoms with van der Waals surface area (Å²) in [5.41, 5.74) is -1.74. The number of hydrogen-bond donors (Lipinski definition) is 18. The molecule has 36 heteroatoms. The number of nitrogens with one attached hydrogen (secondary N) is 9. The Morgan fingerprint density at radius 2 is 1.26 bits per heavy atom. The van der Waals surface area contributed by atoms with E-state index in [2.05, 4.69) is 61.7 Å². The van der Waals surface area contributed by atoms with Crippen LogP contribution in [0, 0.1) is 5.92 Å². The molecular weight excluding hydrogens is 1640 g/mol. The fourth-order valence-electron chi connectivity index (χ4n) is 15.6. The Labute approximate surface area is 717 Å². The summed E-state index contributed by atoms with van der Waals surface area (Å²) in [4.78, 5) is 127. The van der Waals surface area contributed by atoms with Crippen LogP contribution >= 0.6 is 23.2 Å². The molecule has 18 N–H and O–H groups in total. The summed E-state index contributed by atoms with van der Waals surface area (Å²) >= 11 is 14.4. The molecule has 17 bridgehead atoms. The van der Waals surface area contributed by atoms with E-state index in [1.54, 1.807) is 26.2 Å². The molecule has 0 saturated carbocycles. The minimum atomic E-state index is -2.30. The molecular formula is C87H100Cl2N10O24. The molecule has 7 unspecified atom stereocenters. The molecule has 0 aromatic heterocycles. The maximum atomic E-state index is 16.8. The summed E-state index contributed by atoms with van der Waals surface area (Å²) in [6.07, 6.45) is -4.97. The number of halogens is 2. The quantitative estimate of drug-likeness (QED) is 0.0330. The second-order valence-corrected chi connectivity index (χ2v) is 32.8. The van der Waals surface area contributed by atoms with Crippen LogP contribution in [0.2, 0.25) is 10.0 Å². The number of benzene rings is 7. The van der Waals surface area contributed by atoms with Gasteiger partial charge < -0.3 is 132 Å². The first-order valence-corrected chi connectivity index (χ1v) is 41.4. The Balaban J connectivity index is 1.02. The predicted octanol–water partition coefficient (Wildman–Crippen LogP) is 6.77. The van der Waals surface area contributed by atoms with Crippen LogP contribution in [0.15, 0.2) is 115 Å². The molecule has 7 aromatic rings. The fourth-order valence-corrected chi connectivity index (χ4v) is 16.1. The number of carbonyl (C=O) groups excluding carboxylic acids is 8. The minimum Gasteiger partial charge on any atom is -0.508 e. The third-order valence-electron chi connectivity index (χ3n) is 22.1. The first-order chi connectivity index (χ1) is 58.9. The second kappa shape index (κ2) is 39.5. The van der Waals surface area contributed by atoms with Crippen LogP contribution in [0.5, 0.6) is 69.0 Å². The van der Waals surface area contributed by atoms with Gasteiger partial charge in [-0.3, -0.25) is 38.4 Å². The number of rotatable bonds is 21. The van der Waals surface area contributed by atoms with Crippen LogP contribution in [-0.2, 0) is 54.3 Å². The van der Waals surface area contributed by atoms with Gasteiger partial charge in [0.05, 0.1) is 41.5 Å². The predicted molar refractivity (Wildman–Crippen MR) is 443 cm³/mol. The number of aromatic hydroxyl groups is 4. The molecule has 34 nitrogen and oxygen atoms in total. The van der Waals surface area contributed by atoms with Crippen molar-refractivity contribution < 1.29 is 117 Å². The number of hydrogen-bond acceptors (Lipinski definition) is 26. The van der Waals surface area contributed by atoms with E-state index < -0.39 is 197 Å². The second-order valence-electron chi connectivity index (χ2n) is 32.0. The molecule has 2 saturated heterocycles. The zero-order valence-corrected chi connectivity index (χ0v) is 69.4. The Morgan fingerprint density at radius 3 is 1.98 bits per heavy atom. The van der Waals surface area contributed by atoms with Gasteiger partial charge in [-0.2, -0.15) is 0 Å². The van der Waals surface area contributed by atoms with Gasteiger partial charge in [-0.1, -0.05) is 106 Å². The third kappa shape index (κ3) is 21.2. The molecule has 8 amide bonds. The van der Waals surface area contributed by atoms with E-state index in [1.807, 2.05) is 4.90 Å². The van der Waals surface area contributed by atoms with Gasteiger partial charge in [-0.25, -0.2) is 0 Å². The first kappa shape index (κ1) is 89.5. The highest BCUT2D eigenvalue weighted by atomic mass is 35.5. The number of nitrogens with zero attached hydrogens (tertiary/aromatic N) is 1. The van der Waals surface area contributed by atoms with Crippen LogP contribution in [-0.4, -0.2) is 201 Å². The van der Waals surface area contributed by atoms with Crippen molar-refractivity contribution in [2.45, 2.75) is 182 Å². The third-order valence-corrected chi connectivity index (χ3v) is 22.8. The molecule has 2 fully saturated rings. The number of ether oxygens (including phenoxy) is 7. The summed E-state index contributed by atoms with van der Waals surface area (Å²) in [7, 11) is 5.06. The molecule has 8 heterocycles. The highest BCUT2D eigenvalue weighted by Gasteiger charge is 2.45. The molecule has 8 aliphatic rings. The largest absolute Gasteiger partial charge is 0.508 e. The van der Waals surface area contributed by atoms with E-state index in [4.69, 9.17) is 56.4 Å². The molecule has 15 atom stereocenters. The Bertz CT molecular complexity index is 5100.